The number of halogens is 1. The first-order valence-corrected chi connectivity index (χ1v) is 12.6. The number of imidazole rings is 1. The average molecular weight is 502 g/mol. The topological polar surface area (TPSA) is 90.1 Å². The van der Waals surface area contributed by atoms with Gasteiger partial charge in [0.15, 0.2) is 5.65 Å². The second kappa shape index (κ2) is 9.78. The van der Waals surface area contributed by atoms with Crippen molar-refractivity contribution in [3.63, 3.8) is 0 Å². The summed E-state index contributed by atoms with van der Waals surface area (Å²) in [6.45, 7) is 2.58. The number of hydrogen-bond donors (Lipinski definition) is 1. The van der Waals surface area contributed by atoms with Crippen LogP contribution in [0, 0.1) is 5.82 Å². The van der Waals surface area contributed by atoms with Crippen molar-refractivity contribution >= 4 is 23.2 Å². The number of nitrogens with zero attached hydrogens (tertiary/aromatic N) is 7. The van der Waals surface area contributed by atoms with E-state index >= 15 is 0 Å². The first kappa shape index (κ1) is 23.4. The van der Waals surface area contributed by atoms with E-state index in [-0.39, 0.29) is 30.9 Å². The van der Waals surface area contributed by atoms with Gasteiger partial charge in [-0.3, -0.25) is 4.79 Å². The highest BCUT2D eigenvalue weighted by molar-refractivity contribution is 5.82. The third-order valence-corrected chi connectivity index (χ3v) is 7.14. The van der Waals surface area contributed by atoms with Crippen LogP contribution in [-0.4, -0.2) is 74.8 Å². The van der Waals surface area contributed by atoms with E-state index < -0.39 is 0 Å². The Bertz CT molecular complexity index is 1440. The standard InChI is InChI=1S/C27H28FN7O2/c28-20-5-1-4-19(16-20)22-7-3-11-34(22)26-10-9-24-29-17-23(35(24)31-26)21-6-2-8-25(30-21)33-13-12-32(14-15-36)27(37)18-33/h1-2,4-6,8-10,16-17,22,36H,3,7,11-15,18H2. The number of rotatable bonds is 6. The molecule has 1 amide bonds. The molecule has 3 aromatic heterocycles. The van der Waals surface area contributed by atoms with Crippen molar-refractivity contribution in [1.82, 2.24) is 24.5 Å². The van der Waals surface area contributed by atoms with Crippen LogP contribution in [0.25, 0.3) is 17.0 Å². The molecule has 4 aromatic rings. The summed E-state index contributed by atoms with van der Waals surface area (Å²) in [4.78, 5) is 27.7. The van der Waals surface area contributed by atoms with Crippen molar-refractivity contribution in [2.45, 2.75) is 18.9 Å². The van der Waals surface area contributed by atoms with Crippen LogP contribution in [0.1, 0.15) is 24.4 Å². The summed E-state index contributed by atoms with van der Waals surface area (Å²) in [6.07, 6.45) is 3.70. The number of aliphatic hydroxyl groups excluding tert-OH is 1. The Labute approximate surface area is 213 Å². The van der Waals surface area contributed by atoms with E-state index in [0.717, 1.165) is 36.5 Å². The molecule has 5 heterocycles. The predicted octanol–water partition coefficient (Wildman–Crippen LogP) is 2.91. The number of amides is 1. The maximum atomic E-state index is 13.9. The van der Waals surface area contributed by atoms with Crippen LogP contribution in [0.2, 0.25) is 0 Å². The van der Waals surface area contributed by atoms with Crippen LogP contribution in [0.15, 0.2) is 60.8 Å². The van der Waals surface area contributed by atoms with E-state index in [2.05, 4.69) is 9.88 Å². The fourth-order valence-corrected chi connectivity index (χ4v) is 5.30. The lowest BCUT2D eigenvalue weighted by atomic mass is 10.0. The Morgan fingerprint density at radius 3 is 2.76 bits per heavy atom. The van der Waals surface area contributed by atoms with E-state index in [1.165, 1.54) is 6.07 Å². The zero-order valence-corrected chi connectivity index (χ0v) is 20.4. The molecule has 190 valence electrons. The van der Waals surface area contributed by atoms with Gasteiger partial charge in [-0.2, -0.15) is 0 Å². The van der Waals surface area contributed by atoms with Gasteiger partial charge < -0.3 is 19.8 Å². The fraction of sp³-hybridized carbons (Fsp3) is 0.333. The Morgan fingerprint density at radius 1 is 1.03 bits per heavy atom. The molecule has 37 heavy (non-hydrogen) atoms. The van der Waals surface area contributed by atoms with E-state index in [9.17, 15) is 9.18 Å². The van der Waals surface area contributed by atoms with Crippen LogP contribution in [0.4, 0.5) is 16.0 Å². The highest BCUT2D eigenvalue weighted by Crippen LogP contribution is 2.35. The van der Waals surface area contributed by atoms with Crippen LogP contribution in [0.5, 0.6) is 0 Å². The molecule has 1 N–H and O–H groups in total. The van der Waals surface area contributed by atoms with Crippen LogP contribution in [0.3, 0.4) is 0 Å². The summed E-state index contributed by atoms with van der Waals surface area (Å²) < 4.78 is 15.7. The van der Waals surface area contributed by atoms with Crippen molar-refractivity contribution in [1.29, 1.82) is 0 Å². The number of fused-ring (bicyclic) bond motifs is 1. The molecule has 0 aliphatic carbocycles. The summed E-state index contributed by atoms with van der Waals surface area (Å²) in [5.74, 6) is 1.27. The molecular weight excluding hydrogens is 473 g/mol. The molecule has 10 heteroatoms. The number of hydrogen-bond acceptors (Lipinski definition) is 7. The average Bonchev–Trinajstić information content (AvgIpc) is 3.57. The van der Waals surface area contributed by atoms with Crippen molar-refractivity contribution in [3.05, 3.63) is 72.2 Å². The fourth-order valence-electron chi connectivity index (χ4n) is 5.30. The number of aromatic nitrogens is 4. The van der Waals surface area contributed by atoms with Crippen molar-refractivity contribution in [3.8, 4) is 11.4 Å². The minimum Gasteiger partial charge on any atom is -0.395 e. The molecule has 2 saturated heterocycles. The number of anilines is 2. The van der Waals surface area contributed by atoms with Gasteiger partial charge in [0, 0.05) is 26.2 Å². The molecular formula is C27H28FN7O2. The van der Waals surface area contributed by atoms with Gasteiger partial charge in [0.1, 0.15) is 23.1 Å². The van der Waals surface area contributed by atoms with Crippen molar-refractivity contribution in [2.75, 3.05) is 49.1 Å². The molecule has 0 radical (unpaired) electrons. The maximum Gasteiger partial charge on any atom is 0.242 e. The maximum absolute atomic E-state index is 13.9. The molecule has 0 spiro atoms. The van der Waals surface area contributed by atoms with Gasteiger partial charge in [-0.15, -0.1) is 5.10 Å². The van der Waals surface area contributed by atoms with E-state index in [4.69, 9.17) is 15.2 Å². The van der Waals surface area contributed by atoms with Gasteiger partial charge in [0.25, 0.3) is 0 Å². The molecule has 1 atom stereocenters. The Hall–Kier alpha value is -4.05. The number of pyridine rings is 1. The van der Waals surface area contributed by atoms with Crippen LogP contribution < -0.4 is 9.80 Å². The second-order valence-corrected chi connectivity index (χ2v) is 9.42. The molecule has 9 nitrogen and oxygen atoms in total. The van der Waals surface area contributed by atoms with Gasteiger partial charge in [-0.1, -0.05) is 18.2 Å². The smallest absolute Gasteiger partial charge is 0.242 e. The summed E-state index contributed by atoms with van der Waals surface area (Å²) in [5, 5.41) is 14.1. The number of aliphatic hydroxyl groups is 1. The summed E-state index contributed by atoms with van der Waals surface area (Å²) in [5.41, 5.74) is 3.13. The molecule has 6 rings (SSSR count). The Balaban J connectivity index is 1.30. The predicted molar refractivity (Wildman–Crippen MR) is 138 cm³/mol. The van der Waals surface area contributed by atoms with E-state index in [1.807, 2.05) is 41.3 Å². The largest absolute Gasteiger partial charge is 0.395 e. The third-order valence-electron chi connectivity index (χ3n) is 7.14. The van der Waals surface area contributed by atoms with Gasteiger partial charge in [-0.25, -0.2) is 18.9 Å². The van der Waals surface area contributed by atoms with Crippen LogP contribution in [-0.2, 0) is 4.79 Å². The number of β-amino-alcohol motifs (C(OH)–C–C–N with tert-alkyl or cyclic N) is 1. The third kappa shape index (κ3) is 4.48. The van der Waals surface area contributed by atoms with Gasteiger partial charge in [-0.05, 0) is 54.8 Å². The first-order chi connectivity index (χ1) is 18.1. The van der Waals surface area contributed by atoms with Crippen molar-refractivity contribution < 1.29 is 14.3 Å². The highest BCUT2D eigenvalue weighted by atomic mass is 19.1. The molecule has 1 aromatic carbocycles. The second-order valence-electron chi connectivity index (χ2n) is 9.42. The van der Waals surface area contributed by atoms with E-state index in [1.54, 1.807) is 27.7 Å². The lowest BCUT2D eigenvalue weighted by Gasteiger charge is -2.34. The zero-order chi connectivity index (χ0) is 25.4. The Morgan fingerprint density at radius 2 is 1.92 bits per heavy atom. The normalized spacial score (nSPS) is 18.3. The van der Waals surface area contributed by atoms with Crippen LogP contribution >= 0.6 is 0 Å². The molecule has 2 aliphatic rings. The zero-order valence-electron chi connectivity index (χ0n) is 20.4. The minimum absolute atomic E-state index is 0.0212. The lowest BCUT2D eigenvalue weighted by molar-refractivity contribution is -0.131. The van der Waals surface area contributed by atoms with Gasteiger partial charge in [0.05, 0.1) is 31.1 Å². The summed E-state index contributed by atoms with van der Waals surface area (Å²) in [6, 6.07) is 16.5. The number of carbonyl (C=O) groups is 1. The van der Waals surface area contributed by atoms with Crippen molar-refractivity contribution in [2.24, 2.45) is 0 Å². The molecule has 0 bridgehead atoms. The quantitative estimate of drug-likeness (QED) is 0.435. The van der Waals surface area contributed by atoms with Gasteiger partial charge in [0.2, 0.25) is 5.91 Å². The molecule has 2 aliphatic heterocycles. The highest BCUT2D eigenvalue weighted by Gasteiger charge is 2.28. The summed E-state index contributed by atoms with van der Waals surface area (Å²) >= 11 is 0. The summed E-state index contributed by atoms with van der Waals surface area (Å²) in [7, 11) is 0. The Kier molecular flexibility index (Phi) is 6.17. The minimum atomic E-state index is -0.230. The molecule has 0 saturated carbocycles. The monoisotopic (exact) mass is 501 g/mol. The number of piperazine rings is 1. The first-order valence-electron chi connectivity index (χ1n) is 12.6. The SMILES string of the molecule is O=C1CN(c2cccc(-c3cnc4ccc(N5CCCC5c5cccc(F)c5)nn34)n2)CCN1CCO. The molecule has 1 unspecified atom stereocenters. The lowest BCUT2D eigenvalue weighted by Crippen LogP contribution is -2.51. The number of carbonyl (C=O) groups excluding carboxylic acids is 1. The molecule has 2 fully saturated rings. The van der Waals surface area contributed by atoms with Gasteiger partial charge >= 0.3 is 0 Å². The number of benzene rings is 1. The van der Waals surface area contributed by atoms with E-state index in [0.29, 0.717) is 36.8 Å².